The number of benzene rings is 3. The average Bonchev–Trinajstić information content (AvgIpc) is 3.39. The first kappa shape index (κ1) is 19.4. The SMILES string of the molecule is N#Cc1ccc(C2[C@@H]3[C@H]4C[C@@H](CC[C@H]3ON2c2ccccc2)ON4c2ccccc2)cc1. The number of fused-ring (bicyclic) bond motifs is 4. The van der Waals surface area contributed by atoms with E-state index in [9.17, 15) is 5.26 Å². The first-order chi connectivity index (χ1) is 15.8. The zero-order valence-corrected chi connectivity index (χ0v) is 17.7. The van der Waals surface area contributed by atoms with Crippen molar-refractivity contribution in [3.05, 3.63) is 96.1 Å². The van der Waals surface area contributed by atoms with Crippen molar-refractivity contribution in [3.63, 3.8) is 0 Å². The number of rotatable bonds is 3. The Morgan fingerprint density at radius 3 is 2.06 bits per heavy atom. The first-order valence-corrected chi connectivity index (χ1v) is 11.3. The molecule has 5 nitrogen and oxygen atoms in total. The van der Waals surface area contributed by atoms with E-state index in [1.54, 1.807) is 0 Å². The number of para-hydroxylation sites is 2. The summed E-state index contributed by atoms with van der Waals surface area (Å²) >= 11 is 0. The van der Waals surface area contributed by atoms with Crippen LogP contribution in [0, 0.1) is 17.2 Å². The van der Waals surface area contributed by atoms with Gasteiger partial charge in [0.25, 0.3) is 0 Å². The molecule has 3 fully saturated rings. The molecule has 32 heavy (non-hydrogen) atoms. The van der Waals surface area contributed by atoms with Crippen molar-refractivity contribution in [2.45, 2.75) is 43.6 Å². The van der Waals surface area contributed by atoms with Crippen LogP contribution in [-0.2, 0) is 9.68 Å². The average molecular weight is 424 g/mol. The normalized spacial score (nSPS) is 28.8. The Morgan fingerprint density at radius 1 is 0.750 bits per heavy atom. The highest BCUT2D eigenvalue weighted by molar-refractivity contribution is 5.51. The van der Waals surface area contributed by atoms with E-state index in [0.29, 0.717) is 5.56 Å². The fourth-order valence-corrected chi connectivity index (χ4v) is 5.56. The zero-order chi connectivity index (χ0) is 21.5. The summed E-state index contributed by atoms with van der Waals surface area (Å²) in [6.45, 7) is 0. The number of nitriles is 1. The number of hydrogen-bond acceptors (Lipinski definition) is 5. The standard InChI is InChI=1S/C27H25N3O2/c28-18-19-11-13-20(14-12-19)27-26-24-17-23(31-29(24)21-7-3-1-4-8-21)15-16-25(26)32-30(27)22-9-5-2-6-10-22/h1-14,23-27H,15-17H2/t23-,24-,25-,26-,27?/m1/s1. The van der Waals surface area contributed by atoms with Crippen LogP contribution >= 0.6 is 0 Å². The van der Waals surface area contributed by atoms with Crippen LogP contribution in [0.25, 0.3) is 0 Å². The summed E-state index contributed by atoms with van der Waals surface area (Å²) in [5.74, 6) is 0.232. The summed E-state index contributed by atoms with van der Waals surface area (Å²) in [7, 11) is 0. The molecule has 3 aliphatic rings. The lowest BCUT2D eigenvalue weighted by atomic mass is 9.82. The second-order valence-corrected chi connectivity index (χ2v) is 8.83. The predicted molar refractivity (Wildman–Crippen MR) is 123 cm³/mol. The maximum Gasteiger partial charge on any atom is 0.0991 e. The van der Waals surface area contributed by atoms with Crippen LogP contribution < -0.4 is 10.1 Å². The topological polar surface area (TPSA) is 48.7 Å². The summed E-state index contributed by atoms with van der Waals surface area (Å²) in [5, 5.41) is 13.5. The molecule has 5 heteroatoms. The van der Waals surface area contributed by atoms with E-state index in [2.05, 4.69) is 64.7 Å². The molecule has 6 rings (SSSR count). The minimum Gasteiger partial charge on any atom is -0.270 e. The fourth-order valence-electron chi connectivity index (χ4n) is 5.56. The summed E-state index contributed by atoms with van der Waals surface area (Å²) in [6.07, 6.45) is 3.30. The van der Waals surface area contributed by atoms with Gasteiger partial charge in [0.05, 0.1) is 47.3 Å². The van der Waals surface area contributed by atoms with Gasteiger partial charge in [-0.3, -0.25) is 14.7 Å². The van der Waals surface area contributed by atoms with Crippen LogP contribution in [0.2, 0.25) is 0 Å². The molecule has 1 aliphatic carbocycles. The van der Waals surface area contributed by atoms with Gasteiger partial charge in [-0.1, -0.05) is 48.5 Å². The van der Waals surface area contributed by atoms with Crippen LogP contribution in [0.5, 0.6) is 0 Å². The Morgan fingerprint density at radius 2 is 1.41 bits per heavy atom. The quantitative estimate of drug-likeness (QED) is 0.564. The Balaban J connectivity index is 1.44. The molecule has 0 amide bonds. The van der Waals surface area contributed by atoms with Gasteiger partial charge in [-0.25, -0.2) is 5.06 Å². The third-order valence-electron chi connectivity index (χ3n) is 6.98. The molecule has 5 atom stereocenters. The summed E-state index contributed by atoms with van der Waals surface area (Å²) in [4.78, 5) is 13.1. The molecule has 0 spiro atoms. The van der Waals surface area contributed by atoms with Crippen molar-refractivity contribution < 1.29 is 9.68 Å². The molecule has 160 valence electrons. The fraction of sp³-hybridized carbons (Fsp3) is 0.296. The second kappa shape index (κ2) is 7.98. The van der Waals surface area contributed by atoms with Crippen LogP contribution in [0.3, 0.4) is 0 Å². The van der Waals surface area contributed by atoms with Crippen LogP contribution in [0.15, 0.2) is 84.9 Å². The van der Waals surface area contributed by atoms with Crippen molar-refractivity contribution >= 4 is 11.4 Å². The Hall–Kier alpha value is -3.33. The number of anilines is 2. The van der Waals surface area contributed by atoms with Crippen LogP contribution in [0.4, 0.5) is 11.4 Å². The van der Waals surface area contributed by atoms with E-state index < -0.39 is 0 Å². The molecule has 0 aromatic heterocycles. The second-order valence-electron chi connectivity index (χ2n) is 8.83. The highest BCUT2D eigenvalue weighted by atomic mass is 16.7. The van der Waals surface area contributed by atoms with Gasteiger partial charge in [-0.05, 0) is 61.2 Å². The maximum atomic E-state index is 9.29. The molecular weight excluding hydrogens is 398 g/mol. The maximum absolute atomic E-state index is 9.29. The highest BCUT2D eigenvalue weighted by Gasteiger charge is 2.55. The molecule has 3 aromatic rings. The van der Waals surface area contributed by atoms with Gasteiger partial charge < -0.3 is 0 Å². The molecule has 0 N–H and O–H groups in total. The van der Waals surface area contributed by atoms with E-state index in [-0.39, 0.29) is 30.2 Å². The highest BCUT2D eigenvalue weighted by Crippen LogP contribution is 2.51. The predicted octanol–water partition coefficient (Wildman–Crippen LogP) is 5.41. The van der Waals surface area contributed by atoms with Gasteiger partial charge in [-0.15, -0.1) is 0 Å². The Kier molecular flexibility index (Phi) is 4.83. The molecule has 2 aliphatic heterocycles. The smallest absolute Gasteiger partial charge is 0.0991 e. The van der Waals surface area contributed by atoms with Gasteiger partial charge >= 0.3 is 0 Å². The number of nitrogens with zero attached hydrogens (tertiary/aromatic N) is 3. The van der Waals surface area contributed by atoms with Crippen molar-refractivity contribution in [3.8, 4) is 6.07 Å². The van der Waals surface area contributed by atoms with E-state index in [4.69, 9.17) is 9.68 Å². The minimum atomic E-state index is 0.0341. The van der Waals surface area contributed by atoms with Gasteiger partial charge in [0.15, 0.2) is 0 Å². The van der Waals surface area contributed by atoms with Crippen LogP contribution in [-0.4, -0.2) is 18.2 Å². The molecule has 0 radical (unpaired) electrons. The molecule has 1 saturated carbocycles. The van der Waals surface area contributed by atoms with Crippen molar-refractivity contribution in [2.75, 3.05) is 10.1 Å². The van der Waals surface area contributed by atoms with Gasteiger partial charge in [0.2, 0.25) is 0 Å². The molecular formula is C27H25N3O2. The Labute approximate surface area is 188 Å². The third kappa shape index (κ3) is 3.24. The summed E-state index contributed by atoms with van der Waals surface area (Å²) in [6, 6.07) is 31.2. The van der Waals surface area contributed by atoms with Crippen molar-refractivity contribution in [1.29, 1.82) is 5.26 Å². The molecule has 3 aromatic carbocycles. The van der Waals surface area contributed by atoms with Crippen molar-refractivity contribution in [2.24, 2.45) is 5.92 Å². The minimum absolute atomic E-state index is 0.0341. The number of hydroxylamine groups is 2. The van der Waals surface area contributed by atoms with E-state index in [1.807, 2.05) is 36.4 Å². The van der Waals surface area contributed by atoms with E-state index in [1.165, 1.54) is 5.56 Å². The largest absolute Gasteiger partial charge is 0.270 e. The van der Waals surface area contributed by atoms with E-state index >= 15 is 0 Å². The molecule has 2 saturated heterocycles. The lowest BCUT2D eigenvalue weighted by Gasteiger charge is -2.35. The zero-order valence-electron chi connectivity index (χ0n) is 17.7. The third-order valence-corrected chi connectivity index (χ3v) is 6.98. The monoisotopic (exact) mass is 423 g/mol. The first-order valence-electron chi connectivity index (χ1n) is 11.3. The van der Waals surface area contributed by atoms with Gasteiger partial charge in [-0.2, -0.15) is 5.26 Å². The van der Waals surface area contributed by atoms with Gasteiger partial charge in [0.1, 0.15) is 0 Å². The Bertz CT molecular complexity index is 1110. The van der Waals surface area contributed by atoms with Crippen molar-refractivity contribution in [1.82, 2.24) is 0 Å². The molecule has 2 heterocycles. The summed E-state index contributed by atoms with van der Waals surface area (Å²) < 4.78 is 0. The molecule has 2 bridgehead atoms. The number of hydrogen-bond donors (Lipinski definition) is 0. The van der Waals surface area contributed by atoms with Gasteiger partial charge in [0, 0.05) is 5.92 Å². The lowest BCUT2D eigenvalue weighted by Crippen LogP contribution is -2.42. The van der Waals surface area contributed by atoms with E-state index in [0.717, 1.165) is 30.6 Å². The van der Waals surface area contributed by atoms with Crippen LogP contribution in [0.1, 0.15) is 36.4 Å². The molecule has 1 unspecified atom stereocenters. The summed E-state index contributed by atoms with van der Waals surface area (Å²) in [5.41, 5.74) is 3.99. The lowest BCUT2D eigenvalue weighted by molar-refractivity contribution is 0.0170.